The van der Waals surface area contributed by atoms with Gasteiger partial charge in [0.15, 0.2) is 0 Å². The standard InChI is InChI=1S/C7H9BrO/c8-7-2-1-5(4-7)3-6(7)9/h5H,1-4H2. The number of ketones is 1. The van der Waals surface area contributed by atoms with E-state index in [0.717, 1.165) is 25.2 Å². The molecular weight excluding hydrogens is 180 g/mol. The molecule has 2 unspecified atom stereocenters. The molecule has 2 rings (SSSR count). The molecule has 9 heavy (non-hydrogen) atoms. The average molecular weight is 189 g/mol. The third-order valence-electron chi connectivity index (χ3n) is 2.53. The number of alkyl halides is 1. The van der Waals surface area contributed by atoms with Gasteiger partial charge >= 0.3 is 0 Å². The van der Waals surface area contributed by atoms with E-state index in [4.69, 9.17) is 0 Å². The highest BCUT2D eigenvalue weighted by molar-refractivity contribution is 9.10. The van der Waals surface area contributed by atoms with E-state index in [1.54, 1.807) is 0 Å². The summed E-state index contributed by atoms with van der Waals surface area (Å²) in [6.45, 7) is 0. The van der Waals surface area contributed by atoms with Gasteiger partial charge in [-0.2, -0.15) is 0 Å². The molecule has 0 amide bonds. The average Bonchev–Trinajstić information content (AvgIpc) is 2.22. The molecule has 0 aromatic heterocycles. The zero-order valence-corrected chi connectivity index (χ0v) is 6.78. The van der Waals surface area contributed by atoms with Crippen LogP contribution in [-0.4, -0.2) is 10.1 Å². The third-order valence-corrected chi connectivity index (χ3v) is 3.70. The molecule has 2 aliphatic rings. The van der Waals surface area contributed by atoms with Crippen LogP contribution in [0.3, 0.4) is 0 Å². The molecule has 2 fully saturated rings. The fourth-order valence-corrected chi connectivity index (χ4v) is 2.82. The quantitative estimate of drug-likeness (QED) is 0.532. The largest absolute Gasteiger partial charge is 0.298 e. The smallest absolute Gasteiger partial charge is 0.149 e. The molecule has 1 nitrogen and oxygen atoms in total. The molecule has 0 heterocycles. The fraction of sp³-hybridized carbons (Fsp3) is 0.857. The van der Waals surface area contributed by atoms with Crippen molar-refractivity contribution in [3.63, 3.8) is 0 Å². The summed E-state index contributed by atoms with van der Waals surface area (Å²) < 4.78 is -0.0579. The number of rotatable bonds is 0. The van der Waals surface area contributed by atoms with Crippen molar-refractivity contribution >= 4 is 21.7 Å². The van der Waals surface area contributed by atoms with E-state index < -0.39 is 0 Å². The van der Waals surface area contributed by atoms with Crippen LogP contribution in [0.25, 0.3) is 0 Å². The van der Waals surface area contributed by atoms with Crippen LogP contribution < -0.4 is 0 Å². The Balaban J connectivity index is 2.32. The maximum Gasteiger partial charge on any atom is 0.149 e. The Kier molecular flexibility index (Phi) is 1.05. The number of carbonyl (C=O) groups excluding carboxylic acids is 1. The van der Waals surface area contributed by atoms with E-state index in [1.165, 1.54) is 6.42 Å². The summed E-state index contributed by atoms with van der Waals surface area (Å²) in [5, 5.41) is 0. The van der Waals surface area contributed by atoms with Crippen LogP contribution in [-0.2, 0) is 4.79 Å². The number of hydrogen-bond donors (Lipinski definition) is 0. The topological polar surface area (TPSA) is 17.1 Å². The Morgan fingerprint density at radius 2 is 2.44 bits per heavy atom. The summed E-state index contributed by atoms with van der Waals surface area (Å²) in [6.07, 6.45) is 4.28. The lowest BCUT2D eigenvalue weighted by molar-refractivity contribution is -0.120. The van der Waals surface area contributed by atoms with Crippen molar-refractivity contribution in [1.29, 1.82) is 0 Å². The highest BCUT2D eigenvalue weighted by Crippen LogP contribution is 2.50. The first kappa shape index (κ1) is 5.90. The number of hydrogen-bond acceptors (Lipinski definition) is 1. The summed E-state index contributed by atoms with van der Waals surface area (Å²) in [5.74, 6) is 1.16. The summed E-state index contributed by atoms with van der Waals surface area (Å²) >= 11 is 3.50. The molecule has 2 heteroatoms. The van der Waals surface area contributed by atoms with Gasteiger partial charge in [-0.3, -0.25) is 4.79 Å². The second-order valence-corrected chi connectivity index (χ2v) is 4.72. The monoisotopic (exact) mass is 188 g/mol. The molecule has 50 valence electrons. The molecule has 2 bridgehead atoms. The Morgan fingerprint density at radius 3 is 2.67 bits per heavy atom. The van der Waals surface area contributed by atoms with Gasteiger partial charge in [0.25, 0.3) is 0 Å². The van der Waals surface area contributed by atoms with Crippen LogP contribution in [0.2, 0.25) is 0 Å². The van der Waals surface area contributed by atoms with E-state index in [1.807, 2.05) is 0 Å². The van der Waals surface area contributed by atoms with E-state index in [9.17, 15) is 4.79 Å². The van der Waals surface area contributed by atoms with Crippen molar-refractivity contribution in [3.05, 3.63) is 0 Å². The van der Waals surface area contributed by atoms with E-state index in [-0.39, 0.29) is 4.32 Å². The number of Topliss-reactive ketones (excluding diaryl/α,β-unsaturated/α-hetero) is 1. The maximum absolute atomic E-state index is 11.1. The lowest BCUT2D eigenvalue weighted by Crippen LogP contribution is -2.24. The van der Waals surface area contributed by atoms with Gasteiger partial charge in [0.2, 0.25) is 0 Å². The van der Waals surface area contributed by atoms with Crippen LogP contribution in [0.5, 0.6) is 0 Å². The van der Waals surface area contributed by atoms with Gasteiger partial charge in [-0.15, -0.1) is 0 Å². The van der Waals surface area contributed by atoms with Crippen LogP contribution >= 0.6 is 15.9 Å². The van der Waals surface area contributed by atoms with Crippen LogP contribution in [0.15, 0.2) is 0 Å². The van der Waals surface area contributed by atoms with Gasteiger partial charge in [0.05, 0.1) is 4.32 Å². The maximum atomic E-state index is 11.1. The van der Waals surface area contributed by atoms with Gasteiger partial charge in [-0.05, 0) is 25.2 Å². The van der Waals surface area contributed by atoms with Crippen LogP contribution in [0, 0.1) is 5.92 Å². The zero-order valence-electron chi connectivity index (χ0n) is 5.19. The highest BCUT2D eigenvalue weighted by atomic mass is 79.9. The minimum absolute atomic E-state index is 0.0579. The predicted octanol–water partition coefficient (Wildman–Crippen LogP) is 1.89. The van der Waals surface area contributed by atoms with Gasteiger partial charge in [-0.1, -0.05) is 15.9 Å². The second-order valence-electron chi connectivity index (χ2n) is 3.20. The molecule has 2 atom stereocenters. The molecule has 0 radical (unpaired) electrons. The number of fused-ring (bicyclic) bond motifs is 2. The number of carbonyl (C=O) groups is 1. The minimum Gasteiger partial charge on any atom is -0.298 e. The molecule has 0 aromatic rings. The first-order valence-electron chi connectivity index (χ1n) is 3.43. The van der Waals surface area contributed by atoms with E-state index in [0.29, 0.717) is 5.78 Å². The summed E-state index contributed by atoms with van der Waals surface area (Å²) in [5.41, 5.74) is 0. The van der Waals surface area contributed by atoms with Crippen molar-refractivity contribution in [2.75, 3.05) is 0 Å². The minimum atomic E-state index is -0.0579. The fourth-order valence-electron chi connectivity index (χ4n) is 1.97. The normalized spacial score (nSPS) is 48.6. The molecule has 0 aromatic carbocycles. The summed E-state index contributed by atoms with van der Waals surface area (Å²) in [6, 6.07) is 0. The predicted molar refractivity (Wildman–Crippen MR) is 38.6 cm³/mol. The van der Waals surface area contributed by atoms with Crippen molar-refractivity contribution < 1.29 is 4.79 Å². The zero-order chi connectivity index (χ0) is 6.48. The second kappa shape index (κ2) is 1.60. The van der Waals surface area contributed by atoms with Crippen molar-refractivity contribution in [2.45, 2.75) is 30.0 Å². The highest BCUT2D eigenvalue weighted by Gasteiger charge is 2.49. The molecule has 2 saturated carbocycles. The Labute approximate surface area is 62.9 Å². The summed E-state index contributed by atoms with van der Waals surface area (Å²) in [4.78, 5) is 11.1. The van der Waals surface area contributed by atoms with Gasteiger partial charge < -0.3 is 0 Å². The Bertz CT molecular complexity index is 166. The lowest BCUT2D eigenvalue weighted by Gasteiger charge is -2.15. The Morgan fingerprint density at radius 1 is 1.67 bits per heavy atom. The van der Waals surface area contributed by atoms with Gasteiger partial charge in [0.1, 0.15) is 5.78 Å². The molecule has 0 spiro atoms. The van der Waals surface area contributed by atoms with Crippen molar-refractivity contribution in [1.82, 2.24) is 0 Å². The molecule has 2 aliphatic carbocycles. The summed E-state index contributed by atoms with van der Waals surface area (Å²) in [7, 11) is 0. The lowest BCUT2D eigenvalue weighted by atomic mass is 9.99. The van der Waals surface area contributed by atoms with Crippen molar-refractivity contribution in [3.8, 4) is 0 Å². The first-order chi connectivity index (χ1) is 4.21. The van der Waals surface area contributed by atoms with Crippen molar-refractivity contribution in [2.24, 2.45) is 5.92 Å². The van der Waals surface area contributed by atoms with Crippen LogP contribution in [0.1, 0.15) is 25.7 Å². The molecule has 0 aliphatic heterocycles. The van der Waals surface area contributed by atoms with E-state index >= 15 is 0 Å². The van der Waals surface area contributed by atoms with Gasteiger partial charge in [-0.25, -0.2) is 0 Å². The Hall–Kier alpha value is 0.150. The van der Waals surface area contributed by atoms with E-state index in [2.05, 4.69) is 15.9 Å². The molecule has 0 N–H and O–H groups in total. The van der Waals surface area contributed by atoms with Crippen LogP contribution in [0.4, 0.5) is 0 Å². The van der Waals surface area contributed by atoms with Gasteiger partial charge in [0, 0.05) is 6.42 Å². The first-order valence-corrected chi connectivity index (χ1v) is 4.22. The third kappa shape index (κ3) is 0.689. The molecule has 0 saturated heterocycles. The SMILES string of the molecule is O=C1CC2CCC1(Br)C2. The molecular formula is C7H9BrO. The number of halogens is 1.